The maximum absolute atomic E-state index is 5.89. The fourth-order valence-corrected chi connectivity index (χ4v) is 3.68. The Morgan fingerprint density at radius 3 is 2.86 bits per heavy atom. The van der Waals surface area contributed by atoms with Crippen LogP contribution in [0.1, 0.15) is 49.4 Å². The van der Waals surface area contributed by atoms with Gasteiger partial charge in [-0.1, -0.05) is 25.8 Å². The Kier molecular flexibility index (Phi) is 8.01. The van der Waals surface area contributed by atoms with Crippen LogP contribution >= 0.6 is 23.6 Å². The highest BCUT2D eigenvalue weighted by Crippen LogP contribution is 2.28. The van der Waals surface area contributed by atoms with Crippen LogP contribution in [-0.4, -0.2) is 34.3 Å². The summed E-state index contributed by atoms with van der Waals surface area (Å²) in [6.45, 7) is 5.41. The first-order valence-corrected chi connectivity index (χ1v) is 11.1. The molecule has 0 unspecified atom stereocenters. The van der Waals surface area contributed by atoms with Gasteiger partial charge in [0.25, 0.3) is 0 Å². The maximum atomic E-state index is 5.89. The van der Waals surface area contributed by atoms with Crippen molar-refractivity contribution in [3.63, 3.8) is 0 Å². The molecule has 0 fully saturated rings. The van der Waals surface area contributed by atoms with Crippen LogP contribution in [-0.2, 0) is 6.42 Å². The van der Waals surface area contributed by atoms with Crippen molar-refractivity contribution >= 4 is 29.8 Å². The Morgan fingerprint density at radius 2 is 2.10 bits per heavy atom. The van der Waals surface area contributed by atoms with Gasteiger partial charge >= 0.3 is 0 Å². The molecule has 0 aliphatic carbocycles. The molecule has 0 saturated carbocycles. The van der Waals surface area contributed by atoms with E-state index in [1.165, 1.54) is 11.3 Å². The Morgan fingerprint density at radius 1 is 1.21 bits per heavy atom. The molecule has 0 amide bonds. The molecular formula is C21H26N4O2S2. The van der Waals surface area contributed by atoms with E-state index in [1.54, 1.807) is 22.2 Å². The number of rotatable bonds is 11. The largest absolute Gasteiger partial charge is 0.490 e. The van der Waals surface area contributed by atoms with Gasteiger partial charge in [0.1, 0.15) is 0 Å². The molecule has 3 aromatic rings. The third-order valence-corrected chi connectivity index (χ3v) is 5.37. The van der Waals surface area contributed by atoms with E-state index < -0.39 is 0 Å². The van der Waals surface area contributed by atoms with Gasteiger partial charge < -0.3 is 9.47 Å². The summed E-state index contributed by atoms with van der Waals surface area (Å²) in [6, 6.07) is 9.92. The molecule has 3 rings (SSSR count). The summed E-state index contributed by atoms with van der Waals surface area (Å²) in [5.74, 6) is 2.26. The smallest absolute Gasteiger partial charge is 0.216 e. The fourth-order valence-electron chi connectivity index (χ4n) is 2.78. The predicted molar refractivity (Wildman–Crippen MR) is 120 cm³/mol. The van der Waals surface area contributed by atoms with Crippen molar-refractivity contribution in [1.29, 1.82) is 0 Å². The van der Waals surface area contributed by atoms with E-state index in [4.69, 9.17) is 21.7 Å². The zero-order valence-corrected chi connectivity index (χ0v) is 18.4. The zero-order valence-electron chi connectivity index (χ0n) is 16.8. The lowest BCUT2D eigenvalue weighted by molar-refractivity contribution is 0.271. The second-order valence-electron chi connectivity index (χ2n) is 6.45. The molecular weight excluding hydrogens is 404 g/mol. The van der Waals surface area contributed by atoms with E-state index in [1.807, 2.05) is 36.6 Å². The minimum absolute atomic E-state index is 0.466. The minimum Gasteiger partial charge on any atom is -0.490 e. The summed E-state index contributed by atoms with van der Waals surface area (Å²) in [5, 5.41) is 13.7. The van der Waals surface area contributed by atoms with Crippen LogP contribution in [0.4, 0.5) is 0 Å². The van der Waals surface area contributed by atoms with Crippen LogP contribution in [0.2, 0.25) is 0 Å². The summed E-state index contributed by atoms with van der Waals surface area (Å²) < 4.78 is 13.8. The van der Waals surface area contributed by atoms with E-state index >= 15 is 0 Å². The van der Waals surface area contributed by atoms with Crippen LogP contribution in [0.25, 0.3) is 0 Å². The van der Waals surface area contributed by atoms with Gasteiger partial charge in [-0.05, 0) is 60.8 Å². The van der Waals surface area contributed by atoms with Gasteiger partial charge in [0.05, 0.1) is 19.4 Å². The van der Waals surface area contributed by atoms with Crippen molar-refractivity contribution in [2.75, 3.05) is 13.2 Å². The van der Waals surface area contributed by atoms with Gasteiger partial charge in [-0.15, -0.1) is 11.3 Å². The van der Waals surface area contributed by atoms with E-state index in [-0.39, 0.29) is 0 Å². The van der Waals surface area contributed by atoms with Crippen molar-refractivity contribution in [2.45, 2.75) is 39.5 Å². The molecule has 0 bridgehead atoms. The highest BCUT2D eigenvalue weighted by Gasteiger charge is 2.08. The summed E-state index contributed by atoms with van der Waals surface area (Å²) in [4.78, 5) is 1.21. The number of nitrogens with zero attached hydrogens (tertiary/aromatic N) is 3. The normalized spacial score (nSPS) is 11.2. The Labute approximate surface area is 180 Å². The summed E-state index contributed by atoms with van der Waals surface area (Å²) in [7, 11) is 0. The van der Waals surface area contributed by atoms with Gasteiger partial charge in [-0.3, -0.25) is 5.10 Å². The van der Waals surface area contributed by atoms with Crippen LogP contribution in [0.3, 0.4) is 0 Å². The van der Waals surface area contributed by atoms with Crippen LogP contribution in [0, 0.1) is 4.77 Å². The van der Waals surface area contributed by atoms with Crippen molar-refractivity contribution in [2.24, 2.45) is 5.10 Å². The van der Waals surface area contributed by atoms with Gasteiger partial charge in [0, 0.05) is 11.3 Å². The molecule has 0 spiro atoms. The molecule has 0 aliphatic rings. The van der Waals surface area contributed by atoms with E-state index in [0.717, 1.165) is 35.7 Å². The molecule has 29 heavy (non-hydrogen) atoms. The summed E-state index contributed by atoms with van der Waals surface area (Å²) in [5.41, 5.74) is 0.902. The highest BCUT2D eigenvalue weighted by atomic mass is 32.1. The van der Waals surface area contributed by atoms with Crippen molar-refractivity contribution in [3.05, 3.63) is 56.7 Å². The number of benzene rings is 1. The molecule has 2 aromatic heterocycles. The number of ether oxygens (including phenoxy) is 2. The minimum atomic E-state index is 0.466. The van der Waals surface area contributed by atoms with Crippen molar-refractivity contribution in [3.8, 4) is 11.5 Å². The number of aromatic nitrogens is 3. The zero-order chi connectivity index (χ0) is 20.5. The molecule has 6 nitrogen and oxygen atoms in total. The van der Waals surface area contributed by atoms with Gasteiger partial charge in [0.15, 0.2) is 17.3 Å². The number of nitrogens with one attached hydrogen (secondary N) is 1. The van der Waals surface area contributed by atoms with Crippen LogP contribution < -0.4 is 9.47 Å². The number of aromatic amines is 1. The Balaban J connectivity index is 1.76. The first kappa shape index (κ1) is 21.3. The molecule has 0 aliphatic heterocycles. The number of hydrogen-bond donors (Lipinski definition) is 1. The lowest BCUT2D eigenvalue weighted by atomic mass is 10.2. The van der Waals surface area contributed by atoms with Crippen molar-refractivity contribution < 1.29 is 9.47 Å². The Bertz CT molecular complexity index is 977. The van der Waals surface area contributed by atoms with Crippen LogP contribution in [0.5, 0.6) is 11.5 Å². The summed E-state index contributed by atoms with van der Waals surface area (Å²) in [6.07, 6.45) is 5.80. The standard InChI is InChI=1S/C21H26N4O2S2/c1-3-5-6-11-27-18-10-9-16(13-19(18)26-4-2)15-22-25-20(23-24-21(25)28)14-17-8-7-12-29-17/h7-10,12-13,15H,3-6,11,14H2,1-2H3,(H,24,28)/b22-15-. The van der Waals surface area contributed by atoms with Gasteiger partial charge in [-0.2, -0.15) is 14.9 Å². The summed E-state index contributed by atoms with van der Waals surface area (Å²) >= 11 is 7.02. The van der Waals surface area contributed by atoms with E-state index in [0.29, 0.717) is 24.4 Å². The monoisotopic (exact) mass is 430 g/mol. The third-order valence-electron chi connectivity index (χ3n) is 4.23. The quantitative estimate of drug-likeness (QED) is 0.250. The number of H-pyrrole nitrogens is 1. The average molecular weight is 431 g/mol. The van der Waals surface area contributed by atoms with Crippen molar-refractivity contribution in [1.82, 2.24) is 14.9 Å². The fraction of sp³-hybridized carbons (Fsp3) is 0.381. The first-order valence-electron chi connectivity index (χ1n) is 9.84. The molecule has 1 N–H and O–H groups in total. The maximum Gasteiger partial charge on any atom is 0.216 e. The number of thiophene rings is 1. The second-order valence-corrected chi connectivity index (χ2v) is 7.87. The molecule has 0 radical (unpaired) electrons. The van der Waals surface area contributed by atoms with E-state index in [2.05, 4.69) is 28.3 Å². The second kappa shape index (κ2) is 10.9. The lowest BCUT2D eigenvalue weighted by Gasteiger charge is -2.12. The van der Waals surface area contributed by atoms with Crippen LogP contribution in [0.15, 0.2) is 40.8 Å². The molecule has 2 heterocycles. The van der Waals surface area contributed by atoms with Gasteiger partial charge in [0.2, 0.25) is 4.77 Å². The van der Waals surface area contributed by atoms with E-state index in [9.17, 15) is 0 Å². The molecule has 0 saturated heterocycles. The third kappa shape index (κ3) is 6.01. The number of hydrogen-bond acceptors (Lipinski definition) is 6. The SMILES string of the molecule is CCCCCOc1ccc(/C=N\n2c(Cc3cccs3)n[nH]c2=S)cc1OCC. The first-order chi connectivity index (χ1) is 14.2. The topological polar surface area (TPSA) is 64.4 Å². The molecule has 1 aromatic carbocycles. The molecule has 8 heteroatoms. The van der Waals surface area contributed by atoms with Gasteiger partial charge in [-0.25, -0.2) is 0 Å². The highest BCUT2D eigenvalue weighted by molar-refractivity contribution is 7.71. The molecule has 154 valence electrons. The molecule has 0 atom stereocenters. The lowest BCUT2D eigenvalue weighted by Crippen LogP contribution is -2.02. The number of unbranched alkanes of at least 4 members (excludes halogenated alkanes) is 2. The average Bonchev–Trinajstić information content (AvgIpc) is 3.35. The Hall–Kier alpha value is -2.45. The predicted octanol–water partition coefficient (Wildman–Crippen LogP) is 5.44.